The van der Waals surface area contributed by atoms with Gasteiger partial charge in [0.25, 0.3) is 0 Å². The SMILES string of the molecule is COc1ccc(C)cc1[C@H](C(=O)O)N1CCCN(Cc2cccnc2)CC1. The summed E-state index contributed by atoms with van der Waals surface area (Å²) in [6.07, 6.45) is 4.60. The predicted octanol–water partition coefficient (Wildman–Crippen LogP) is 2.73. The van der Waals surface area contributed by atoms with E-state index in [0.29, 0.717) is 12.3 Å². The van der Waals surface area contributed by atoms with Crippen molar-refractivity contribution >= 4 is 5.97 Å². The van der Waals surface area contributed by atoms with E-state index in [0.717, 1.165) is 43.7 Å². The molecule has 1 aromatic carbocycles. The summed E-state index contributed by atoms with van der Waals surface area (Å²) < 4.78 is 5.45. The number of aliphatic carboxylic acids is 1. The van der Waals surface area contributed by atoms with Gasteiger partial charge < -0.3 is 9.84 Å². The van der Waals surface area contributed by atoms with Crippen LogP contribution in [0.4, 0.5) is 0 Å². The van der Waals surface area contributed by atoms with Crippen molar-refractivity contribution < 1.29 is 14.6 Å². The molecule has 3 rings (SSSR count). The summed E-state index contributed by atoms with van der Waals surface area (Å²) in [7, 11) is 1.59. The van der Waals surface area contributed by atoms with Crippen LogP contribution in [0.5, 0.6) is 5.75 Å². The standard InChI is InChI=1S/C21H27N3O3/c1-16-6-7-19(27-2)18(13-16)20(21(25)26)24-10-4-9-23(11-12-24)15-17-5-3-8-22-14-17/h3,5-8,13-14,20H,4,9-12,15H2,1-2H3,(H,25,26)/t20-/m1/s1. The van der Waals surface area contributed by atoms with Gasteiger partial charge in [-0.3, -0.25) is 19.6 Å². The summed E-state index contributed by atoms with van der Waals surface area (Å²) in [5.74, 6) is -0.205. The molecule has 1 atom stereocenters. The number of nitrogens with zero attached hydrogens (tertiary/aromatic N) is 3. The molecule has 0 aliphatic carbocycles. The molecular weight excluding hydrogens is 342 g/mol. The third kappa shape index (κ3) is 4.84. The van der Waals surface area contributed by atoms with Crippen LogP contribution < -0.4 is 4.74 Å². The molecule has 1 saturated heterocycles. The van der Waals surface area contributed by atoms with Gasteiger partial charge >= 0.3 is 5.97 Å². The zero-order valence-electron chi connectivity index (χ0n) is 16.0. The lowest BCUT2D eigenvalue weighted by Crippen LogP contribution is -2.37. The minimum absolute atomic E-state index is 0.629. The van der Waals surface area contributed by atoms with E-state index in [2.05, 4.69) is 20.9 Å². The molecule has 2 aromatic rings. The molecule has 27 heavy (non-hydrogen) atoms. The highest BCUT2D eigenvalue weighted by atomic mass is 16.5. The van der Waals surface area contributed by atoms with Crippen LogP contribution in [-0.4, -0.2) is 59.1 Å². The quantitative estimate of drug-likeness (QED) is 0.845. The molecule has 6 heteroatoms. The molecule has 6 nitrogen and oxygen atoms in total. The van der Waals surface area contributed by atoms with Crippen LogP contribution in [0.15, 0.2) is 42.7 Å². The van der Waals surface area contributed by atoms with Crippen LogP contribution in [0.25, 0.3) is 0 Å². The number of benzene rings is 1. The number of hydrogen-bond donors (Lipinski definition) is 1. The topological polar surface area (TPSA) is 65.9 Å². The molecule has 144 valence electrons. The molecule has 0 bridgehead atoms. The van der Waals surface area contributed by atoms with E-state index in [4.69, 9.17) is 4.74 Å². The molecule has 1 fully saturated rings. The van der Waals surface area contributed by atoms with Crippen LogP contribution >= 0.6 is 0 Å². The molecule has 0 radical (unpaired) electrons. The Bertz CT molecular complexity index is 767. The van der Waals surface area contributed by atoms with Gasteiger partial charge in [0, 0.05) is 44.1 Å². The van der Waals surface area contributed by atoms with Gasteiger partial charge in [-0.25, -0.2) is 0 Å². The van der Waals surface area contributed by atoms with Crippen molar-refractivity contribution in [2.75, 3.05) is 33.3 Å². The van der Waals surface area contributed by atoms with Crippen molar-refractivity contribution in [3.8, 4) is 5.75 Å². The highest BCUT2D eigenvalue weighted by molar-refractivity contribution is 5.77. The maximum absolute atomic E-state index is 12.1. The third-order valence-electron chi connectivity index (χ3n) is 5.03. The summed E-state index contributed by atoms with van der Waals surface area (Å²) in [5.41, 5.74) is 2.94. The first-order valence-electron chi connectivity index (χ1n) is 9.31. The van der Waals surface area contributed by atoms with Gasteiger partial charge in [-0.05, 0) is 37.6 Å². The van der Waals surface area contributed by atoms with Gasteiger partial charge in [0.15, 0.2) is 0 Å². The number of ether oxygens (including phenoxy) is 1. The Kier molecular flexibility index (Phi) is 6.42. The zero-order chi connectivity index (χ0) is 19.2. The van der Waals surface area contributed by atoms with Gasteiger partial charge in [-0.1, -0.05) is 23.8 Å². The predicted molar refractivity (Wildman–Crippen MR) is 104 cm³/mol. The number of pyridine rings is 1. The molecule has 1 N–H and O–H groups in total. The normalized spacial score (nSPS) is 17.3. The van der Waals surface area contributed by atoms with Crippen LogP contribution in [-0.2, 0) is 11.3 Å². The third-order valence-corrected chi connectivity index (χ3v) is 5.03. The zero-order valence-corrected chi connectivity index (χ0v) is 16.0. The lowest BCUT2D eigenvalue weighted by atomic mass is 10.0. The molecular formula is C21H27N3O3. The van der Waals surface area contributed by atoms with Gasteiger partial charge in [-0.2, -0.15) is 0 Å². The monoisotopic (exact) mass is 369 g/mol. The van der Waals surface area contributed by atoms with E-state index in [1.54, 1.807) is 13.3 Å². The minimum atomic E-state index is -0.834. The molecule has 1 aliphatic heterocycles. The highest BCUT2D eigenvalue weighted by Gasteiger charge is 2.31. The number of carboxylic acids is 1. The Morgan fingerprint density at radius 3 is 2.81 bits per heavy atom. The van der Waals surface area contributed by atoms with Crippen LogP contribution in [0.3, 0.4) is 0 Å². The maximum atomic E-state index is 12.1. The average Bonchev–Trinajstić information content (AvgIpc) is 2.88. The van der Waals surface area contributed by atoms with E-state index in [-0.39, 0.29) is 0 Å². The van der Waals surface area contributed by atoms with Crippen molar-refractivity contribution in [3.63, 3.8) is 0 Å². The van der Waals surface area contributed by atoms with E-state index < -0.39 is 12.0 Å². The fraction of sp³-hybridized carbons (Fsp3) is 0.429. The first-order valence-corrected chi connectivity index (χ1v) is 9.31. The van der Waals surface area contributed by atoms with Gasteiger partial charge in [0.2, 0.25) is 0 Å². The fourth-order valence-corrected chi connectivity index (χ4v) is 3.71. The second kappa shape index (κ2) is 8.97. The smallest absolute Gasteiger partial charge is 0.325 e. The van der Waals surface area contributed by atoms with Crippen molar-refractivity contribution in [2.24, 2.45) is 0 Å². The van der Waals surface area contributed by atoms with E-state index in [1.165, 1.54) is 5.56 Å². The second-order valence-electron chi connectivity index (χ2n) is 7.01. The number of aryl methyl sites for hydroxylation is 1. The number of carboxylic acid groups (broad SMARTS) is 1. The first kappa shape index (κ1) is 19.3. The van der Waals surface area contributed by atoms with Crippen molar-refractivity contribution in [3.05, 3.63) is 59.4 Å². The van der Waals surface area contributed by atoms with Gasteiger partial charge in [0.05, 0.1) is 7.11 Å². The number of hydrogen-bond acceptors (Lipinski definition) is 5. The lowest BCUT2D eigenvalue weighted by molar-refractivity contribution is -0.143. The van der Waals surface area contributed by atoms with Crippen LogP contribution in [0.1, 0.15) is 29.2 Å². The maximum Gasteiger partial charge on any atom is 0.325 e. The first-order chi connectivity index (χ1) is 13.1. The molecule has 0 unspecified atom stereocenters. The molecule has 0 amide bonds. The van der Waals surface area contributed by atoms with Crippen molar-refractivity contribution in [1.82, 2.24) is 14.8 Å². The van der Waals surface area contributed by atoms with Crippen molar-refractivity contribution in [2.45, 2.75) is 25.9 Å². The average molecular weight is 369 g/mol. The largest absolute Gasteiger partial charge is 0.496 e. The van der Waals surface area contributed by atoms with Crippen LogP contribution in [0, 0.1) is 6.92 Å². The summed E-state index contributed by atoms with van der Waals surface area (Å²) >= 11 is 0. The molecule has 1 aromatic heterocycles. The molecule has 0 saturated carbocycles. The summed E-state index contributed by atoms with van der Waals surface area (Å²) in [6.45, 7) is 6.04. The Morgan fingerprint density at radius 1 is 1.26 bits per heavy atom. The molecule has 0 spiro atoms. The minimum Gasteiger partial charge on any atom is -0.496 e. The number of carbonyl (C=O) groups is 1. The summed E-state index contributed by atoms with van der Waals surface area (Å²) in [6, 6.07) is 9.05. The Hall–Kier alpha value is -2.44. The van der Waals surface area contributed by atoms with E-state index in [9.17, 15) is 9.90 Å². The molecule has 2 heterocycles. The number of rotatable bonds is 6. The second-order valence-corrected chi connectivity index (χ2v) is 7.01. The van der Waals surface area contributed by atoms with Gasteiger partial charge in [-0.15, -0.1) is 0 Å². The van der Waals surface area contributed by atoms with E-state index in [1.807, 2.05) is 37.4 Å². The number of methoxy groups -OCH3 is 1. The Balaban J connectivity index is 1.76. The van der Waals surface area contributed by atoms with Crippen molar-refractivity contribution in [1.29, 1.82) is 0 Å². The lowest BCUT2D eigenvalue weighted by Gasteiger charge is -2.29. The fourth-order valence-electron chi connectivity index (χ4n) is 3.71. The summed E-state index contributed by atoms with van der Waals surface area (Å²) in [4.78, 5) is 20.7. The van der Waals surface area contributed by atoms with Gasteiger partial charge in [0.1, 0.15) is 11.8 Å². The number of aromatic nitrogens is 1. The van der Waals surface area contributed by atoms with E-state index >= 15 is 0 Å². The highest BCUT2D eigenvalue weighted by Crippen LogP contribution is 2.31. The molecule has 1 aliphatic rings. The summed E-state index contributed by atoms with van der Waals surface area (Å²) in [5, 5.41) is 9.96. The van der Waals surface area contributed by atoms with Crippen LogP contribution in [0.2, 0.25) is 0 Å². The Morgan fingerprint density at radius 2 is 2.11 bits per heavy atom. The Labute approximate surface area is 160 Å².